The molecule has 0 radical (unpaired) electrons. The van der Waals surface area contributed by atoms with Crippen molar-refractivity contribution >= 4 is 11.9 Å². The van der Waals surface area contributed by atoms with Crippen LogP contribution in [-0.2, 0) is 23.8 Å². The fourth-order valence-electron chi connectivity index (χ4n) is 12.8. The van der Waals surface area contributed by atoms with E-state index >= 15 is 0 Å². The molecule has 7 atom stereocenters. The van der Waals surface area contributed by atoms with Crippen molar-refractivity contribution in [2.45, 2.75) is 442 Å². The van der Waals surface area contributed by atoms with E-state index in [1.54, 1.807) is 6.08 Å². The Hall–Kier alpha value is -2.12. The molecule has 0 aromatic carbocycles. The highest BCUT2D eigenvalue weighted by Gasteiger charge is 2.44. The minimum atomic E-state index is -1.57. The van der Waals surface area contributed by atoms with Crippen molar-refractivity contribution in [2.24, 2.45) is 0 Å². The number of hydrogen-bond acceptors (Lipinski definition) is 10. The first-order chi connectivity index (χ1) is 44.7. The van der Waals surface area contributed by atoms with Gasteiger partial charge in [0.1, 0.15) is 24.4 Å². The molecule has 91 heavy (non-hydrogen) atoms. The van der Waals surface area contributed by atoms with Crippen LogP contribution in [0.15, 0.2) is 36.5 Å². The Balaban J connectivity index is 1.86. The first-order valence-electron chi connectivity index (χ1n) is 39.8. The lowest BCUT2D eigenvalue weighted by atomic mass is 9.99. The summed E-state index contributed by atoms with van der Waals surface area (Å²) in [7, 11) is 0. The lowest BCUT2D eigenvalue weighted by molar-refractivity contribution is -0.302. The number of amides is 1. The molecule has 1 rings (SSSR count). The lowest BCUT2D eigenvalue weighted by Crippen LogP contribution is -2.60. The maximum atomic E-state index is 13.0. The van der Waals surface area contributed by atoms with E-state index in [4.69, 9.17) is 14.2 Å². The van der Waals surface area contributed by atoms with Crippen molar-refractivity contribution in [3.63, 3.8) is 0 Å². The van der Waals surface area contributed by atoms with Crippen LogP contribution in [0.3, 0.4) is 0 Å². The van der Waals surface area contributed by atoms with Gasteiger partial charge in [-0.05, 0) is 64.2 Å². The second-order valence-electron chi connectivity index (χ2n) is 27.8. The smallest absolute Gasteiger partial charge is 0.305 e. The second kappa shape index (κ2) is 69.2. The number of aliphatic hydroxyl groups is 5. The first-order valence-corrected chi connectivity index (χ1v) is 39.8. The highest BCUT2D eigenvalue weighted by Crippen LogP contribution is 2.24. The predicted molar refractivity (Wildman–Crippen MR) is 384 cm³/mol. The normalized spacial score (nSPS) is 17.7. The molecule has 1 aliphatic heterocycles. The van der Waals surface area contributed by atoms with Crippen LogP contribution in [0.4, 0.5) is 0 Å². The van der Waals surface area contributed by atoms with Crippen LogP contribution in [0.1, 0.15) is 399 Å². The van der Waals surface area contributed by atoms with Gasteiger partial charge in [0, 0.05) is 12.8 Å². The molecule has 1 fully saturated rings. The molecule has 0 aromatic heterocycles. The molecule has 1 aliphatic rings. The van der Waals surface area contributed by atoms with Crippen molar-refractivity contribution in [1.29, 1.82) is 0 Å². The SMILES string of the molecule is CCCCCCCCC/C=C/C(O)C(COC1OC(CO)C(O)C(O)C1O)NC(=O)CCCCCCCCCCCCCCCCCCC/C=C\C/C=C\CCCCCCCCCCCCCCCCCOC(=O)CCCCCCCCCCCCCCCCC. The molecule has 536 valence electrons. The topological polar surface area (TPSA) is 175 Å². The molecule has 0 aliphatic carbocycles. The summed E-state index contributed by atoms with van der Waals surface area (Å²) in [5, 5.41) is 54.3. The molecule has 11 nitrogen and oxygen atoms in total. The number of allylic oxidation sites excluding steroid dienone is 5. The molecule has 1 saturated heterocycles. The second-order valence-corrected chi connectivity index (χ2v) is 27.8. The van der Waals surface area contributed by atoms with Crippen molar-refractivity contribution in [1.82, 2.24) is 5.32 Å². The highest BCUT2D eigenvalue weighted by atomic mass is 16.7. The lowest BCUT2D eigenvalue weighted by Gasteiger charge is -2.40. The maximum Gasteiger partial charge on any atom is 0.305 e. The van der Waals surface area contributed by atoms with Gasteiger partial charge in [-0.3, -0.25) is 9.59 Å². The van der Waals surface area contributed by atoms with Crippen LogP contribution in [0, 0.1) is 0 Å². The van der Waals surface area contributed by atoms with Crippen LogP contribution < -0.4 is 5.32 Å². The Kier molecular flexibility index (Phi) is 66.1. The Bertz CT molecular complexity index is 1610. The minimum absolute atomic E-state index is 0.0181. The van der Waals surface area contributed by atoms with Crippen LogP contribution in [0.2, 0.25) is 0 Å². The van der Waals surface area contributed by atoms with Gasteiger partial charge in [0.15, 0.2) is 6.29 Å². The summed E-state index contributed by atoms with van der Waals surface area (Å²) in [6, 6.07) is -0.806. The van der Waals surface area contributed by atoms with E-state index in [-0.39, 0.29) is 18.5 Å². The average Bonchev–Trinajstić information content (AvgIpc) is 1.22. The van der Waals surface area contributed by atoms with Crippen molar-refractivity contribution < 1.29 is 49.3 Å². The number of carbonyl (C=O) groups excluding carboxylic acids is 2. The average molecular weight is 1290 g/mol. The Morgan fingerprint density at radius 3 is 1.11 bits per heavy atom. The summed E-state index contributed by atoms with van der Waals surface area (Å²) < 4.78 is 16.7. The first kappa shape index (κ1) is 86.9. The minimum Gasteiger partial charge on any atom is -0.466 e. The standard InChI is InChI=1S/C80H151NO10/c1-3-5-7-9-11-13-14-15-41-45-48-52-56-60-64-68-76(85)89-69-65-61-57-53-49-46-43-40-38-36-34-32-30-28-26-24-22-20-18-16-17-19-21-23-25-27-29-31-33-35-37-39-42-44-47-51-55-59-63-67-75(84)81-72(73(83)66-62-58-54-50-12-10-8-6-4-2)71-90-80-79(88)78(87)77(86)74(70-82)91-80/h16-17,20,22,62,66,72-74,77-80,82-83,86-88H,3-15,18-19,21,23-61,63-65,67-71H2,1-2H3,(H,81,84)/b17-16-,22-20-,66-62+. The summed E-state index contributed by atoms with van der Waals surface area (Å²) in [4.78, 5) is 25.1. The molecule has 1 heterocycles. The Labute approximate surface area is 562 Å². The molecule has 0 aromatic rings. The molecule has 0 bridgehead atoms. The number of nitrogens with one attached hydrogen (secondary N) is 1. The Morgan fingerprint density at radius 2 is 0.736 bits per heavy atom. The summed E-state index contributed by atoms with van der Waals surface area (Å²) in [5.41, 5.74) is 0. The van der Waals surface area contributed by atoms with Gasteiger partial charge >= 0.3 is 5.97 Å². The van der Waals surface area contributed by atoms with Crippen molar-refractivity contribution in [3.05, 3.63) is 36.5 Å². The number of ether oxygens (including phenoxy) is 3. The number of rotatable bonds is 71. The molecule has 7 unspecified atom stereocenters. The number of aliphatic hydroxyl groups excluding tert-OH is 5. The number of hydrogen-bond donors (Lipinski definition) is 6. The summed E-state index contributed by atoms with van der Waals surface area (Å²) in [5.74, 6) is -0.161. The van der Waals surface area contributed by atoms with E-state index in [1.807, 2.05) is 6.08 Å². The summed E-state index contributed by atoms with van der Waals surface area (Å²) in [6.45, 7) is 4.37. The van der Waals surface area contributed by atoms with Gasteiger partial charge in [-0.25, -0.2) is 0 Å². The monoisotopic (exact) mass is 1290 g/mol. The Morgan fingerprint density at radius 1 is 0.407 bits per heavy atom. The van der Waals surface area contributed by atoms with Gasteiger partial charge in [0.05, 0.1) is 32.0 Å². The third kappa shape index (κ3) is 57.8. The molecule has 0 spiro atoms. The molecule has 1 amide bonds. The zero-order chi connectivity index (χ0) is 65.8. The van der Waals surface area contributed by atoms with E-state index in [1.165, 1.54) is 315 Å². The zero-order valence-electron chi connectivity index (χ0n) is 59.8. The van der Waals surface area contributed by atoms with Gasteiger partial charge in [0.25, 0.3) is 0 Å². The quantitative estimate of drug-likeness (QED) is 0.0195. The fourth-order valence-corrected chi connectivity index (χ4v) is 12.8. The van der Waals surface area contributed by atoms with Crippen LogP contribution in [0.5, 0.6) is 0 Å². The van der Waals surface area contributed by atoms with Gasteiger partial charge in [-0.15, -0.1) is 0 Å². The summed E-state index contributed by atoms with van der Waals surface area (Å²) in [6.07, 6.45) is 80.6. The predicted octanol–water partition coefficient (Wildman–Crippen LogP) is 21.3. The van der Waals surface area contributed by atoms with E-state index < -0.39 is 49.5 Å². The van der Waals surface area contributed by atoms with E-state index in [2.05, 4.69) is 43.5 Å². The zero-order valence-corrected chi connectivity index (χ0v) is 59.8. The van der Waals surface area contributed by atoms with Gasteiger partial charge in [-0.2, -0.15) is 0 Å². The van der Waals surface area contributed by atoms with Crippen LogP contribution in [-0.4, -0.2) is 100 Å². The van der Waals surface area contributed by atoms with Gasteiger partial charge < -0.3 is 45.1 Å². The molecule has 6 N–H and O–H groups in total. The molecular formula is C80H151NO10. The molecule has 0 saturated carbocycles. The van der Waals surface area contributed by atoms with Crippen molar-refractivity contribution in [3.8, 4) is 0 Å². The van der Waals surface area contributed by atoms with Crippen molar-refractivity contribution in [2.75, 3.05) is 19.8 Å². The third-order valence-corrected chi connectivity index (χ3v) is 19.0. The largest absolute Gasteiger partial charge is 0.466 e. The summed E-state index contributed by atoms with van der Waals surface area (Å²) >= 11 is 0. The van der Waals surface area contributed by atoms with Gasteiger partial charge in [-0.1, -0.05) is 359 Å². The maximum absolute atomic E-state index is 13.0. The fraction of sp³-hybridized carbons (Fsp3) is 0.900. The van der Waals surface area contributed by atoms with E-state index in [0.717, 1.165) is 57.8 Å². The number of unbranched alkanes of at least 4 members (excludes halogenated alkanes) is 53. The van der Waals surface area contributed by atoms with Gasteiger partial charge in [0.2, 0.25) is 5.91 Å². The van der Waals surface area contributed by atoms with E-state index in [9.17, 15) is 35.1 Å². The van der Waals surface area contributed by atoms with E-state index in [0.29, 0.717) is 19.4 Å². The van der Waals surface area contributed by atoms with Crippen LogP contribution >= 0.6 is 0 Å². The molecular weight excluding hydrogens is 1130 g/mol. The number of esters is 1. The third-order valence-electron chi connectivity index (χ3n) is 19.0. The highest BCUT2D eigenvalue weighted by molar-refractivity contribution is 5.76. The molecule has 11 heteroatoms. The number of carbonyl (C=O) groups is 2. The van der Waals surface area contributed by atoms with Crippen LogP contribution in [0.25, 0.3) is 0 Å².